The Morgan fingerprint density at radius 2 is 1.79 bits per heavy atom. The molecule has 0 aliphatic heterocycles. The monoisotopic (exact) mass is 317 g/mol. The van der Waals surface area contributed by atoms with E-state index in [1.165, 1.54) is 0 Å². The summed E-state index contributed by atoms with van der Waals surface area (Å²) in [5.41, 5.74) is 4.74. The molecule has 0 atom stereocenters. The summed E-state index contributed by atoms with van der Waals surface area (Å²) in [7, 11) is 0. The predicted molar refractivity (Wildman–Crippen MR) is 82.7 cm³/mol. The zero-order valence-electron chi connectivity index (χ0n) is 11.3. The maximum absolute atomic E-state index is 12.3. The summed E-state index contributed by atoms with van der Waals surface area (Å²) in [5.74, 6) is -0.0798. The summed E-state index contributed by atoms with van der Waals surface area (Å²) in [6, 6.07) is 11.6. The highest BCUT2D eigenvalue weighted by atomic mass is 79.9. The molecular weight excluding hydrogens is 302 g/mol. The molecule has 0 aliphatic carbocycles. The highest BCUT2D eigenvalue weighted by Gasteiger charge is 2.11. The first-order chi connectivity index (χ1) is 8.99. The van der Waals surface area contributed by atoms with Gasteiger partial charge in [0.15, 0.2) is 0 Å². The minimum atomic E-state index is -0.0798. The van der Waals surface area contributed by atoms with Gasteiger partial charge in [0.1, 0.15) is 0 Å². The zero-order valence-corrected chi connectivity index (χ0v) is 12.8. The van der Waals surface area contributed by atoms with E-state index in [1.54, 1.807) is 0 Å². The standard InChI is InChI=1S/C16H16BrNO/c1-10-7-8-13(12(3)9-10)16(19)18-14-6-4-5-11(2)15(14)17/h4-9H,1-3H3,(H,18,19). The largest absolute Gasteiger partial charge is 0.321 e. The van der Waals surface area contributed by atoms with E-state index in [1.807, 2.05) is 57.2 Å². The number of anilines is 1. The van der Waals surface area contributed by atoms with Crippen molar-refractivity contribution in [1.29, 1.82) is 0 Å². The molecule has 0 bridgehead atoms. The van der Waals surface area contributed by atoms with Crippen molar-refractivity contribution in [3.63, 3.8) is 0 Å². The molecule has 2 aromatic rings. The third-order valence-corrected chi connectivity index (χ3v) is 4.12. The minimum absolute atomic E-state index is 0.0798. The molecule has 0 fully saturated rings. The molecule has 0 radical (unpaired) electrons. The molecule has 0 spiro atoms. The van der Waals surface area contributed by atoms with Gasteiger partial charge in [-0.2, -0.15) is 0 Å². The van der Waals surface area contributed by atoms with Crippen LogP contribution >= 0.6 is 15.9 Å². The van der Waals surface area contributed by atoms with E-state index in [0.29, 0.717) is 5.56 Å². The first kappa shape index (κ1) is 13.8. The van der Waals surface area contributed by atoms with Crippen LogP contribution in [0.2, 0.25) is 0 Å². The smallest absolute Gasteiger partial charge is 0.255 e. The van der Waals surface area contributed by atoms with Crippen LogP contribution in [-0.4, -0.2) is 5.91 Å². The van der Waals surface area contributed by atoms with E-state index in [9.17, 15) is 4.79 Å². The highest BCUT2D eigenvalue weighted by molar-refractivity contribution is 9.10. The molecule has 1 N–H and O–H groups in total. The summed E-state index contributed by atoms with van der Waals surface area (Å²) in [6.45, 7) is 5.97. The third-order valence-electron chi connectivity index (χ3n) is 3.07. The number of amides is 1. The number of carbonyl (C=O) groups is 1. The Labute approximate surface area is 122 Å². The minimum Gasteiger partial charge on any atom is -0.321 e. The van der Waals surface area contributed by atoms with Gasteiger partial charge in [-0.25, -0.2) is 0 Å². The van der Waals surface area contributed by atoms with Crippen molar-refractivity contribution in [1.82, 2.24) is 0 Å². The molecule has 0 aromatic heterocycles. The van der Waals surface area contributed by atoms with Crippen molar-refractivity contribution in [2.75, 3.05) is 5.32 Å². The van der Waals surface area contributed by atoms with Gasteiger partial charge < -0.3 is 5.32 Å². The lowest BCUT2D eigenvalue weighted by molar-refractivity contribution is 0.102. The van der Waals surface area contributed by atoms with Crippen molar-refractivity contribution in [2.45, 2.75) is 20.8 Å². The average Bonchev–Trinajstić information content (AvgIpc) is 2.34. The lowest BCUT2D eigenvalue weighted by Gasteiger charge is -2.11. The maximum Gasteiger partial charge on any atom is 0.255 e. The average molecular weight is 318 g/mol. The normalized spacial score (nSPS) is 10.3. The maximum atomic E-state index is 12.3. The molecule has 2 aromatic carbocycles. The Hall–Kier alpha value is -1.61. The van der Waals surface area contributed by atoms with Crippen molar-refractivity contribution in [3.8, 4) is 0 Å². The van der Waals surface area contributed by atoms with Gasteiger partial charge in [-0.1, -0.05) is 29.8 Å². The Morgan fingerprint density at radius 1 is 1.05 bits per heavy atom. The van der Waals surface area contributed by atoms with Crippen LogP contribution in [0.3, 0.4) is 0 Å². The lowest BCUT2D eigenvalue weighted by atomic mass is 10.1. The number of benzene rings is 2. The van der Waals surface area contributed by atoms with Crippen LogP contribution in [0.1, 0.15) is 27.0 Å². The van der Waals surface area contributed by atoms with Gasteiger partial charge in [0.05, 0.1) is 5.69 Å². The summed E-state index contributed by atoms with van der Waals surface area (Å²) in [5, 5.41) is 2.94. The molecular formula is C16H16BrNO. The Morgan fingerprint density at radius 3 is 2.47 bits per heavy atom. The molecule has 3 heteroatoms. The molecule has 98 valence electrons. The van der Waals surface area contributed by atoms with Gasteiger partial charge in [0, 0.05) is 10.0 Å². The van der Waals surface area contributed by atoms with E-state index in [-0.39, 0.29) is 5.91 Å². The van der Waals surface area contributed by atoms with Gasteiger partial charge in [-0.05, 0) is 60.0 Å². The van der Waals surface area contributed by atoms with Crippen LogP contribution in [0.15, 0.2) is 40.9 Å². The molecule has 1 amide bonds. The summed E-state index contributed by atoms with van der Waals surface area (Å²) in [6.07, 6.45) is 0. The van der Waals surface area contributed by atoms with E-state index in [0.717, 1.165) is 26.9 Å². The second kappa shape index (κ2) is 5.57. The van der Waals surface area contributed by atoms with Crippen LogP contribution in [0.5, 0.6) is 0 Å². The van der Waals surface area contributed by atoms with Crippen LogP contribution in [0.4, 0.5) is 5.69 Å². The van der Waals surface area contributed by atoms with Gasteiger partial charge in [-0.15, -0.1) is 0 Å². The molecule has 0 unspecified atom stereocenters. The lowest BCUT2D eigenvalue weighted by Crippen LogP contribution is -2.14. The van der Waals surface area contributed by atoms with E-state index < -0.39 is 0 Å². The van der Waals surface area contributed by atoms with E-state index in [2.05, 4.69) is 21.2 Å². The van der Waals surface area contributed by atoms with E-state index >= 15 is 0 Å². The Balaban J connectivity index is 2.28. The topological polar surface area (TPSA) is 29.1 Å². The zero-order chi connectivity index (χ0) is 14.0. The molecule has 19 heavy (non-hydrogen) atoms. The van der Waals surface area contributed by atoms with Gasteiger partial charge >= 0.3 is 0 Å². The molecule has 0 aliphatic rings. The van der Waals surface area contributed by atoms with Crippen molar-refractivity contribution in [2.24, 2.45) is 0 Å². The number of hydrogen-bond acceptors (Lipinski definition) is 1. The van der Waals surface area contributed by atoms with Crippen molar-refractivity contribution < 1.29 is 4.79 Å². The molecule has 2 nitrogen and oxygen atoms in total. The number of carbonyl (C=O) groups excluding carboxylic acids is 1. The number of rotatable bonds is 2. The first-order valence-corrected chi connectivity index (χ1v) is 6.92. The quantitative estimate of drug-likeness (QED) is 0.859. The number of hydrogen-bond donors (Lipinski definition) is 1. The molecule has 0 saturated carbocycles. The predicted octanol–water partition coefficient (Wildman–Crippen LogP) is 4.63. The molecule has 2 rings (SSSR count). The highest BCUT2D eigenvalue weighted by Crippen LogP contribution is 2.26. The SMILES string of the molecule is Cc1ccc(C(=O)Nc2cccc(C)c2Br)c(C)c1. The summed E-state index contributed by atoms with van der Waals surface area (Å²) < 4.78 is 0.924. The van der Waals surface area contributed by atoms with Crippen LogP contribution in [0.25, 0.3) is 0 Å². The summed E-state index contributed by atoms with van der Waals surface area (Å²) >= 11 is 3.50. The van der Waals surface area contributed by atoms with Crippen LogP contribution in [-0.2, 0) is 0 Å². The van der Waals surface area contributed by atoms with Gasteiger partial charge in [0.25, 0.3) is 5.91 Å². The number of halogens is 1. The van der Waals surface area contributed by atoms with Crippen LogP contribution in [0, 0.1) is 20.8 Å². The molecule has 0 saturated heterocycles. The second-order valence-electron chi connectivity index (χ2n) is 4.71. The van der Waals surface area contributed by atoms with E-state index in [4.69, 9.17) is 0 Å². The number of nitrogens with one attached hydrogen (secondary N) is 1. The fourth-order valence-corrected chi connectivity index (χ4v) is 2.37. The van der Waals surface area contributed by atoms with Crippen molar-refractivity contribution >= 4 is 27.5 Å². The van der Waals surface area contributed by atoms with Crippen LogP contribution < -0.4 is 5.32 Å². The third kappa shape index (κ3) is 3.04. The fourth-order valence-electron chi connectivity index (χ4n) is 2.00. The number of aryl methyl sites for hydroxylation is 3. The molecule has 0 heterocycles. The van der Waals surface area contributed by atoms with Gasteiger partial charge in [0.2, 0.25) is 0 Å². The van der Waals surface area contributed by atoms with Crippen molar-refractivity contribution in [3.05, 3.63) is 63.1 Å². The Kier molecular flexibility index (Phi) is 4.05. The first-order valence-electron chi connectivity index (χ1n) is 6.13. The fraction of sp³-hybridized carbons (Fsp3) is 0.188. The Bertz CT molecular complexity index is 635. The van der Waals surface area contributed by atoms with Gasteiger partial charge in [-0.3, -0.25) is 4.79 Å². The summed E-state index contributed by atoms with van der Waals surface area (Å²) in [4.78, 5) is 12.3. The second-order valence-corrected chi connectivity index (χ2v) is 5.50.